The second-order valence-corrected chi connectivity index (χ2v) is 6.22. The largest absolute Gasteiger partial charge is 0.355 e. The van der Waals surface area contributed by atoms with Crippen LogP contribution in [0.4, 0.5) is 0 Å². The lowest BCUT2D eigenvalue weighted by Crippen LogP contribution is -2.37. The zero-order valence-electron chi connectivity index (χ0n) is 14.8. The molecule has 0 fully saturated rings. The maximum atomic E-state index is 12.2. The Morgan fingerprint density at radius 3 is 1.77 bits per heavy atom. The van der Waals surface area contributed by atoms with Gasteiger partial charge in [-0.05, 0) is 23.1 Å². The zero-order chi connectivity index (χ0) is 18.0. The van der Waals surface area contributed by atoms with Crippen molar-refractivity contribution in [3.8, 4) is 0 Å². The van der Waals surface area contributed by atoms with Gasteiger partial charge in [0.1, 0.15) is 0 Å². The molecule has 0 radical (unpaired) electrons. The van der Waals surface area contributed by atoms with Gasteiger partial charge in [0.05, 0.1) is 12.6 Å². The standard InChI is InChI=1S/C23H24N2O/c26-22(24-17-16-19-10-4-1-5-11-19)18-25-23(20-12-6-2-7-13-20)21-14-8-3-9-15-21/h1-15,23,25H,16-18H2,(H,24,26). The van der Waals surface area contributed by atoms with Gasteiger partial charge < -0.3 is 5.32 Å². The van der Waals surface area contributed by atoms with Gasteiger partial charge in [-0.25, -0.2) is 0 Å². The van der Waals surface area contributed by atoms with Crippen LogP contribution in [0.5, 0.6) is 0 Å². The Hall–Kier alpha value is -2.91. The van der Waals surface area contributed by atoms with Gasteiger partial charge in [0.25, 0.3) is 0 Å². The molecule has 0 aromatic heterocycles. The molecule has 0 unspecified atom stereocenters. The predicted molar refractivity (Wildman–Crippen MR) is 106 cm³/mol. The number of carbonyl (C=O) groups excluding carboxylic acids is 1. The molecule has 3 aromatic carbocycles. The molecule has 0 saturated heterocycles. The number of nitrogens with one attached hydrogen (secondary N) is 2. The first-order chi connectivity index (χ1) is 12.8. The number of hydrogen-bond acceptors (Lipinski definition) is 2. The van der Waals surface area contributed by atoms with Crippen molar-refractivity contribution in [2.75, 3.05) is 13.1 Å². The minimum Gasteiger partial charge on any atom is -0.355 e. The summed E-state index contributed by atoms with van der Waals surface area (Å²) in [4.78, 5) is 12.2. The smallest absolute Gasteiger partial charge is 0.233 e. The van der Waals surface area contributed by atoms with Gasteiger partial charge in [-0.15, -0.1) is 0 Å². The van der Waals surface area contributed by atoms with Crippen molar-refractivity contribution in [1.29, 1.82) is 0 Å². The molecule has 0 spiro atoms. The summed E-state index contributed by atoms with van der Waals surface area (Å²) < 4.78 is 0. The highest BCUT2D eigenvalue weighted by Gasteiger charge is 2.14. The van der Waals surface area contributed by atoms with Crippen molar-refractivity contribution in [2.45, 2.75) is 12.5 Å². The molecule has 0 aliphatic heterocycles. The molecule has 3 nitrogen and oxygen atoms in total. The summed E-state index contributed by atoms with van der Waals surface area (Å²) in [7, 11) is 0. The van der Waals surface area contributed by atoms with Crippen LogP contribution in [0.3, 0.4) is 0 Å². The van der Waals surface area contributed by atoms with Crippen molar-refractivity contribution in [2.24, 2.45) is 0 Å². The van der Waals surface area contributed by atoms with Crippen LogP contribution in [-0.4, -0.2) is 19.0 Å². The number of amides is 1. The number of carbonyl (C=O) groups is 1. The highest BCUT2D eigenvalue weighted by molar-refractivity contribution is 5.78. The Bertz CT molecular complexity index is 749. The fraction of sp³-hybridized carbons (Fsp3) is 0.174. The van der Waals surface area contributed by atoms with E-state index in [1.54, 1.807) is 0 Å². The molecule has 3 aromatic rings. The first-order valence-corrected chi connectivity index (χ1v) is 8.97. The average Bonchev–Trinajstić information content (AvgIpc) is 2.71. The fourth-order valence-electron chi connectivity index (χ4n) is 2.97. The molecule has 0 heterocycles. The Labute approximate surface area is 155 Å². The van der Waals surface area contributed by atoms with E-state index in [0.29, 0.717) is 6.54 Å². The average molecular weight is 344 g/mol. The van der Waals surface area contributed by atoms with Gasteiger partial charge in [0.2, 0.25) is 5.91 Å². The van der Waals surface area contributed by atoms with E-state index < -0.39 is 0 Å². The van der Waals surface area contributed by atoms with Gasteiger partial charge in [-0.3, -0.25) is 10.1 Å². The first kappa shape index (κ1) is 17.9. The third-order valence-corrected chi connectivity index (χ3v) is 4.31. The van der Waals surface area contributed by atoms with E-state index in [-0.39, 0.29) is 18.5 Å². The Morgan fingerprint density at radius 2 is 1.23 bits per heavy atom. The molecule has 132 valence electrons. The number of benzene rings is 3. The van der Waals surface area contributed by atoms with Crippen LogP contribution in [0.15, 0.2) is 91.0 Å². The fourth-order valence-corrected chi connectivity index (χ4v) is 2.97. The van der Waals surface area contributed by atoms with Crippen molar-refractivity contribution in [1.82, 2.24) is 10.6 Å². The lowest BCUT2D eigenvalue weighted by atomic mass is 9.99. The van der Waals surface area contributed by atoms with E-state index in [9.17, 15) is 4.79 Å². The van der Waals surface area contributed by atoms with E-state index in [0.717, 1.165) is 17.5 Å². The van der Waals surface area contributed by atoms with E-state index >= 15 is 0 Å². The maximum Gasteiger partial charge on any atom is 0.233 e. The summed E-state index contributed by atoms with van der Waals surface area (Å²) in [6.07, 6.45) is 0.841. The highest BCUT2D eigenvalue weighted by Crippen LogP contribution is 2.21. The molecule has 3 rings (SSSR count). The second-order valence-electron chi connectivity index (χ2n) is 6.22. The first-order valence-electron chi connectivity index (χ1n) is 8.97. The van der Waals surface area contributed by atoms with Crippen molar-refractivity contribution in [3.05, 3.63) is 108 Å². The summed E-state index contributed by atoms with van der Waals surface area (Å²) in [6.45, 7) is 0.926. The summed E-state index contributed by atoms with van der Waals surface area (Å²) in [5, 5.41) is 6.38. The molecule has 0 atom stereocenters. The molecule has 26 heavy (non-hydrogen) atoms. The predicted octanol–water partition coefficient (Wildman–Crippen LogP) is 3.72. The topological polar surface area (TPSA) is 41.1 Å². The molecule has 0 aliphatic carbocycles. The van der Waals surface area contributed by atoms with Crippen LogP contribution in [0, 0.1) is 0 Å². The van der Waals surface area contributed by atoms with Crippen molar-refractivity contribution >= 4 is 5.91 Å². The molecule has 0 bridgehead atoms. The second kappa shape index (κ2) is 9.54. The van der Waals surface area contributed by atoms with E-state index in [2.05, 4.69) is 47.0 Å². The third-order valence-electron chi connectivity index (χ3n) is 4.31. The Balaban J connectivity index is 1.55. The molecule has 2 N–H and O–H groups in total. The van der Waals surface area contributed by atoms with E-state index in [4.69, 9.17) is 0 Å². The van der Waals surface area contributed by atoms with Crippen molar-refractivity contribution < 1.29 is 4.79 Å². The molecule has 0 saturated carbocycles. The monoisotopic (exact) mass is 344 g/mol. The lowest BCUT2D eigenvalue weighted by molar-refractivity contribution is -0.120. The molecule has 1 amide bonds. The van der Waals surface area contributed by atoms with Gasteiger partial charge in [0, 0.05) is 6.54 Å². The van der Waals surface area contributed by atoms with Gasteiger partial charge in [-0.2, -0.15) is 0 Å². The minimum absolute atomic E-state index is 0.00252. The molecule has 0 aliphatic rings. The number of rotatable bonds is 8. The van der Waals surface area contributed by atoms with Crippen LogP contribution < -0.4 is 10.6 Å². The lowest BCUT2D eigenvalue weighted by Gasteiger charge is -2.19. The summed E-state index contributed by atoms with van der Waals surface area (Å²) >= 11 is 0. The molecular formula is C23H24N2O. The van der Waals surface area contributed by atoms with Crippen molar-refractivity contribution in [3.63, 3.8) is 0 Å². The highest BCUT2D eigenvalue weighted by atomic mass is 16.1. The van der Waals surface area contributed by atoms with E-state index in [1.165, 1.54) is 5.56 Å². The van der Waals surface area contributed by atoms with Gasteiger partial charge >= 0.3 is 0 Å². The summed E-state index contributed by atoms with van der Waals surface area (Å²) in [5.74, 6) is 0.0118. The maximum absolute atomic E-state index is 12.2. The Kier molecular flexibility index (Phi) is 6.57. The Morgan fingerprint density at radius 1 is 0.731 bits per heavy atom. The van der Waals surface area contributed by atoms with Crippen LogP contribution >= 0.6 is 0 Å². The normalized spacial score (nSPS) is 10.7. The van der Waals surface area contributed by atoms with Gasteiger partial charge in [0.15, 0.2) is 0 Å². The number of hydrogen-bond donors (Lipinski definition) is 2. The summed E-state index contributed by atoms with van der Waals surface area (Å²) in [6, 6.07) is 30.6. The zero-order valence-corrected chi connectivity index (χ0v) is 14.8. The summed E-state index contributed by atoms with van der Waals surface area (Å²) in [5.41, 5.74) is 3.53. The quantitative estimate of drug-likeness (QED) is 0.654. The van der Waals surface area contributed by atoms with Crippen LogP contribution in [0.2, 0.25) is 0 Å². The van der Waals surface area contributed by atoms with Crippen LogP contribution in [0.25, 0.3) is 0 Å². The van der Waals surface area contributed by atoms with Crippen LogP contribution in [0.1, 0.15) is 22.7 Å². The third kappa shape index (κ3) is 5.30. The SMILES string of the molecule is O=C(CNC(c1ccccc1)c1ccccc1)NCCc1ccccc1. The molecular weight excluding hydrogens is 320 g/mol. The van der Waals surface area contributed by atoms with Gasteiger partial charge in [-0.1, -0.05) is 91.0 Å². The van der Waals surface area contributed by atoms with E-state index in [1.807, 2.05) is 54.6 Å². The minimum atomic E-state index is -0.00252. The van der Waals surface area contributed by atoms with Crippen LogP contribution in [-0.2, 0) is 11.2 Å². The molecule has 3 heteroatoms.